The summed E-state index contributed by atoms with van der Waals surface area (Å²) in [5.74, 6) is 0. The van der Waals surface area contributed by atoms with Gasteiger partial charge in [0.1, 0.15) is 0 Å². The first-order chi connectivity index (χ1) is 7.74. The van der Waals surface area contributed by atoms with Gasteiger partial charge in [0, 0.05) is 11.7 Å². The Kier molecular flexibility index (Phi) is 3.64. The van der Waals surface area contributed by atoms with Crippen molar-refractivity contribution in [2.45, 2.75) is 58.0 Å². The van der Waals surface area contributed by atoms with Crippen molar-refractivity contribution in [2.75, 3.05) is 7.05 Å². The van der Waals surface area contributed by atoms with E-state index in [9.17, 15) is 0 Å². The van der Waals surface area contributed by atoms with E-state index in [1.54, 1.807) is 0 Å². The second kappa shape index (κ2) is 5.00. The highest BCUT2D eigenvalue weighted by molar-refractivity contribution is 5.10. The summed E-state index contributed by atoms with van der Waals surface area (Å²) in [6.45, 7) is 4.27. The first kappa shape index (κ1) is 11.6. The molecule has 0 radical (unpaired) electrons. The van der Waals surface area contributed by atoms with Gasteiger partial charge in [-0.05, 0) is 33.7 Å². The number of nitrogens with zero attached hydrogens (tertiary/aromatic N) is 2. The predicted octanol–water partition coefficient (Wildman–Crippen LogP) is 2.59. The Morgan fingerprint density at radius 1 is 1.25 bits per heavy atom. The largest absolute Gasteiger partial charge is 0.330 e. The fourth-order valence-corrected chi connectivity index (χ4v) is 2.81. The number of rotatable bonds is 2. The zero-order chi connectivity index (χ0) is 11.5. The molecule has 1 aliphatic carbocycles. The Balaban J connectivity index is 2.25. The maximum atomic E-state index is 4.43. The maximum absolute atomic E-state index is 4.43. The lowest BCUT2D eigenvalue weighted by Crippen LogP contribution is -2.34. The van der Waals surface area contributed by atoms with Crippen molar-refractivity contribution in [1.29, 1.82) is 0 Å². The average Bonchev–Trinajstić information content (AvgIpc) is 2.54. The van der Waals surface area contributed by atoms with E-state index in [1.807, 2.05) is 6.33 Å². The van der Waals surface area contributed by atoms with Crippen molar-refractivity contribution < 1.29 is 0 Å². The Labute approximate surface area is 98.3 Å². The number of hydrogen-bond donors (Lipinski definition) is 1. The normalized spacial score (nSPS) is 26.7. The molecule has 1 aromatic rings. The molecule has 1 fully saturated rings. The molecule has 2 unspecified atom stereocenters. The molecule has 1 aliphatic rings. The second-order valence-electron chi connectivity index (χ2n) is 4.92. The van der Waals surface area contributed by atoms with Crippen molar-refractivity contribution in [3.8, 4) is 0 Å². The van der Waals surface area contributed by atoms with Gasteiger partial charge >= 0.3 is 0 Å². The molecule has 0 spiro atoms. The summed E-state index contributed by atoms with van der Waals surface area (Å²) in [4.78, 5) is 4.43. The summed E-state index contributed by atoms with van der Waals surface area (Å²) in [6.07, 6.45) is 8.67. The van der Waals surface area contributed by atoms with Gasteiger partial charge in [0.15, 0.2) is 0 Å². The molecule has 0 saturated heterocycles. The van der Waals surface area contributed by atoms with E-state index < -0.39 is 0 Å². The molecule has 0 amide bonds. The standard InChI is InChI=1S/C13H23N3/c1-10-11(2)16(9-15-10)13-8-6-4-5-7-12(13)14-3/h9,12-14H,4-8H2,1-3H3. The van der Waals surface area contributed by atoms with E-state index in [4.69, 9.17) is 0 Å². The van der Waals surface area contributed by atoms with Gasteiger partial charge in [-0.2, -0.15) is 0 Å². The monoisotopic (exact) mass is 221 g/mol. The predicted molar refractivity (Wildman–Crippen MR) is 66.7 cm³/mol. The zero-order valence-corrected chi connectivity index (χ0v) is 10.7. The van der Waals surface area contributed by atoms with Crippen molar-refractivity contribution in [3.05, 3.63) is 17.7 Å². The number of aryl methyl sites for hydroxylation is 1. The van der Waals surface area contributed by atoms with Gasteiger partial charge in [-0.3, -0.25) is 0 Å². The van der Waals surface area contributed by atoms with Gasteiger partial charge in [0.05, 0.1) is 18.1 Å². The third-order valence-electron chi connectivity index (χ3n) is 3.99. The number of aromatic nitrogens is 2. The maximum Gasteiger partial charge on any atom is 0.0954 e. The lowest BCUT2D eigenvalue weighted by Gasteiger charge is -2.27. The number of imidazole rings is 1. The molecular weight excluding hydrogens is 198 g/mol. The lowest BCUT2D eigenvalue weighted by molar-refractivity contribution is 0.342. The van der Waals surface area contributed by atoms with Crippen LogP contribution >= 0.6 is 0 Å². The Morgan fingerprint density at radius 3 is 2.62 bits per heavy atom. The smallest absolute Gasteiger partial charge is 0.0954 e. The van der Waals surface area contributed by atoms with Crippen LogP contribution in [-0.4, -0.2) is 22.6 Å². The van der Waals surface area contributed by atoms with Crippen LogP contribution in [0, 0.1) is 13.8 Å². The van der Waals surface area contributed by atoms with E-state index in [0.717, 1.165) is 0 Å². The van der Waals surface area contributed by atoms with Gasteiger partial charge in [0.2, 0.25) is 0 Å². The molecule has 2 rings (SSSR count). The second-order valence-corrected chi connectivity index (χ2v) is 4.92. The highest BCUT2D eigenvalue weighted by Gasteiger charge is 2.24. The van der Waals surface area contributed by atoms with Crippen LogP contribution in [0.2, 0.25) is 0 Å². The molecule has 3 nitrogen and oxygen atoms in total. The Hall–Kier alpha value is -0.830. The zero-order valence-electron chi connectivity index (χ0n) is 10.7. The Morgan fingerprint density at radius 2 is 2.00 bits per heavy atom. The summed E-state index contributed by atoms with van der Waals surface area (Å²) in [5.41, 5.74) is 2.49. The minimum absolute atomic E-state index is 0.591. The minimum atomic E-state index is 0.591. The first-order valence-electron chi connectivity index (χ1n) is 6.41. The van der Waals surface area contributed by atoms with Gasteiger partial charge in [0.25, 0.3) is 0 Å². The highest BCUT2D eigenvalue weighted by atomic mass is 15.1. The van der Waals surface area contributed by atoms with Crippen LogP contribution in [0.25, 0.3) is 0 Å². The molecule has 0 bridgehead atoms. The molecule has 0 aliphatic heterocycles. The molecular formula is C13H23N3. The van der Waals surface area contributed by atoms with Crippen molar-refractivity contribution >= 4 is 0 Å². The molecule has 1 saturated carbocycles. The minimum Gasteiger partial charge on any atom is -0.330 e. The molecule has 1 heterocycles. The summed E-state index contributed by atoms with van der Waals surface area (Å²) in [6, 6.07) is 1.20. The van der Waals surface area contributed by atoms with Gasteiger partial charge in [-0.1, -0.05) is 19.3 Å². The van der Waals surface area contributed by atoms with E-state index in [2.05, 4.69) is 35.8 Å². The molecule has 0 aromatic carbocycles. The molecule has 1 N–H and O–H groups in total. The highest BCUT2D eigenvalue weighted by Crippen LogP contribution is 2.28. The third kappa shape index (κ3) is 2.14. The van der Waals surface area contributed by atoms with Crippen LogP contribution in [0.1, 0.15) is 49.5 Å². The topological polar surface area (TPSA) is 29.9 Å². The third-order valence-corrected chi connectivity index (χ3v) is 3.99. The van der Waals surface area contributed by atoms with E-state index >= 15 is 0 Å². The fourth-order valence-electron chi connectivity index (χ4n) is 2.81. The van der Waals surface area contributed by atoms with Crippen molar-refractivity contribution in [2.24, 2.45) is 0 Å². The van der Waals surface area contributed by atoms with Crippen LogP contribution in [0.15, 0.2) is 6.33 Å². The summed E-state index contributed by atoms with van der Waals surface area (Å²) in [7, 11) is 2.09. The van der Waals surface area contributed by atoms with Gasteiger partial charge in [-0.25, -0.2) is 4.98 Å². The average molecular weight is 221 g/mol. The fraction of sp³-hybridized carbons (Fsp3) is 0.769. The molecule has 3 heteroatoms. The van der Waals surface area contributed by atoms with Crippen LogP contribution in [0.5, 0.6) is 0 Å². The van der Waals surface area contributed by atoms with Crippen LogP contribution in [0.3, 0.4) is 0 Å². The lowest BCUT2D eigenvalue weighted by atomic mass is 10.0. The Bertz CT molecular complexity index is 343. The van der Waals surface area contributed by atoms with Gasteiger partial charge < -0.3 is 9.88 Å². The molecule has 1 aromatic heterocycles. The van der Waals surface area contributed by atoms with Crippen molar-refractivity contribution in [1.82, 2.24) is 14.9 Å². The SMILES string of the molecule is CNC1CCCCCC1n1cnc(C)c1C. The van der Waals surface area contributed by atoms with Crippen LogP contribution in [0.4, 0.5) is 0 Å². The number of nitrogens with one attached hydrogen (secondary N) is 1. The van der Waals surface area contributed by atoms with Crippen molar-refractivity contribution in [3.63, 3.8) is 0 Å². The van der Waals surface area contributed by atoms with E-state index in [0.29, 0.717) is 12.1 Å². The first-order valence-corrected chi connectivity index (χ1v) is 6.41. The molecule has 2 atom stereocenters. The van der Waals surface area contributed by atoms with Crippen LogP contribution < -0.4 is 5.32 Å². The number of likely N-dealkylation sites (N-methyl/N-ethyl adjacent to an activating group) is 1. The van der Waals surface area contributed by atoms with Crippen LogP contribution in [-0.2, 0) is 0 Å². The number of hydrogen-bond acceptors (Lipinski definition) is 2. The van der Waals surface area contributed by atoms with Gasteiger partial charge in [-0.15, -0.1) is 0 Å². The summed E-state index contributed by atoms with van der Waals surface area (Å²) < 4.78 is 2.38. The molecule has 90 valence electrons. The summed E-state index contributed by atoms with van der Waals surface area (Å²) >= 11 is 0. The molecule has 16 heavy (non-hydrogen) atoms. The summed E-state index contributed by atoms with van der Waals surface area (Å²) in [5, 5.41) is 3.48. The van der Waals surface area contributed by atoms with E-state index in [-0.39, 0.29) is 0 Å². The quantitative estimate of drug-likeness (QED) is 0.778. The van der Waals surface area contributed by atoms with E-state index in [1.165, 1.54) is 43.5 Å².